The Morgan fingerprint density at radius 1 is 1.26 bits per heavy atom. The van der Waals surface area contributed by atoms with Gasteiger partial charge in [0.2, 0.25) is 10.0 Å². The Hall–Kier alpha value is -1.34. The van der Waals surface area contributed by atoms with Crippen LogP contribution in [0.15, 0.2) is 33.3 Å². The molecule has 0 aliphatic rings. The van der Waals surface area contributed by atoms with Crippen molar-refractivity contribution >= 4 is 31.6 Å². The molecule has 19 heavy (non-hydrogen) atoms. The minimum Gasteiger partial charge on any atom is -0.361 e. The molecule has 0 saturated carbocycles. The highest BCUT2D eigenvalue weighted by molar-refractivity contribution is 9.10. The van der Waals surface area contributed by atoms with E-state index in [1.54, 1.807) is 25.1 Å². The normalized spacial score (nSPS) is 11.5. The van der Waals surface area contributed by atoms with Gasteiger partial charge in [-0.1, -0.05) is 21.1 Å². The maximum atomic E-state index is 12.0. The molecule has 0 bridgehead atoms. The van der Waals surface area contributed by atoms with Gasteiger partial charge in [-0.3, -0.25) is 4.72 Å². The molecule has 7 heteroatoms. The molecule has 0 spiro atoms. The van der Waals surface area contributed by atoms with Gasteiger partial charge in [0.15, 0.2) is 0 Å². The lowest BCUT2D eigenvalue weighted by molar-refractivity contribution is 0.392. The minimum atomic E-state index is -3.50. The molecule has 1 aromatic carbocycles. The van der Waals surface area contributed by atoms with Crippen molar-refractivity contribution in [3.8, 4) is 0 Å². The van der Waals surface area contributed by atoms with Crippen LogP contribution in [0, 0.1) is 13.8 Å². The van der Waals surface area contributed by atoms with Gasteiger partial charge in [0.25, 0.3) is 0 Å². The highest BCUT2D eigenvalue weighted by Crippen LogP contribution is 2.20. The monoisotopic (exact) mass is 344 g/mol. The first-order valence-electron chi connectivity index (χ1n) is 5.54. The lowest BCUT2D eigenvalue weighted by atomic mass is 10.2. The van der Waals surface area contributed by atoms with Crippen LogP contribution in [-0.2, 0) is 15.8 Å². The number of hydrogen-bond acceptors (Lipinski definition) is 4. The molecule has 1 heterocycles. The Morgan fingerprint density at radius 3 is 2.58 bits per heavy atom. The third kappa shape index (κ3) is 4.07. The fourth-order valence-electron chi connectivity index (χ4n) is 1.69. The lowest BCUT2D eigenvalue weighted by Gasteiger charge is -2.08. The first kappa shape index (κ1) is 14.1. The molecule has 0 aliphatic heterocycles. The fourth-order valence-corrected chi connectivity index (χ4v) is 3.37. The number of halogens is 1. The predicted octanol–water partition coefficient (Wildman–Crippen LogP) is 3.00. The Morgan fingerprint density at radius 2 is 2.00 bits per heavy atom. The highest BCUT2D eigenvalue weighted by Gasteiger charge is 2.15. The molecule has 2 rings (SSSR count). The molecule has 102 valence electrons. The molecule has 5 nitrogen and oxygen atoms in total. The second kappa shape index (κ2) is 5.34. The summed E-state index contributed by atoms with van der Waals surface area (Å²) in [5.74, 6) is 0.374. The molecular weight excluding hydrogens is 332 g/mol. The van der Waals surface area contributed by atoms with Gasteiger partial charge in [-0.25, -0.2) is 8.42 Å². The quantitative estimate of drug-likeness (QED) is 0.925. The number of hydrogen-bond donors (Lipinski definition) is 1. The molecule has 0 radical (unpaired) electrons. The molecule has 0 amide bonds. The maximum Gasteiger partial charge on any atom is 0.238 e. The average Bonchev–Trinajstić information content (AvgIpc) is 2.60. The summed E-state index contributed by atoms with van der Waals surface area (Å²) in [6, 6.07) is 6.97. The zero-order valence-corrected chi connectivity index (χ0v) is 12.9. The van der Waals surface area contributed by atoms with Crippen LogP contribution in [0.1, 0.15) is 17.0 Å². The number of benzene rings is 1. The summed E-state index contributed by atoms with van der Waals surface area (Å²) in [6.07, 6.45) is 0. The molecule has 0 unspecified atom stereocenters. The summed E-state index contributed by atoms with van der Waals surface area (Å²) in [5.41, 5.74) is 1.87. The van der Waals surface area contributed by atoms with Crippen molar-refractivity contribution in [3.63, 3.8) is 0 Å². The van der Waals surface area contributed by atoms with Gasteiger partial charge in [0.05, 0.1) is 0 Å². The molecule has 0 aliphatic carbocycles. The fraction of sp³-hybridized carbons (Fsp3) is 0.250. The Kier molecular flexibility index (Phi) is 3.96. The molecule has 2 aromatic rings. The van der Waals surface area contributed by atoms with Crippen molar-refractivity contribution in [2.75, 3.05) is 4.72 Å². The van der Waals surface area contributed by atoms with Gasteiger partial charge in [0, 0.05) is 16.2 Å². The van der Waals surface area contributed by atoms with E-state index in [0.717, 1.165) is 10.0 Å². The summed E-state index contributed by atoms with van der Waals surface area (Å²) in [4.78, 5) is 0. The molecule has 1 N–H and O–H groups in total. The van der Waals surface area contributed by atoms with Gasteiger partial charge in [-0.05, 0) is 37.6 Å². The van der Waals surface area contributed by atoms with Gasteiger partial charge in [-0.2, -0.15) is 0 Å². The summed E-state index contributed by atoms with van der Waals surface area (Å²) in [7, 11) is -3.50. The van der Waals surface area contributed by atoms with Gasteiger partial charge >= 0.3 is 0 Å². The van der Waals surface area contributed by atoms with Gasteiger partial charge in [0.1, 0.15) is 17.2 Å². The maximum absolute atomic E-state index is 12.0. The SMILES string of the molecule is Cc1cc(Br)cc(NS(=O)(=O)Cc2cc(C)on2)c1. The van der Waals surface area contributed by atoms with Crippen LogP contribution in [0.4, 0.5) is 5.69 Å². The number of anilines is 1. The largest absolute Gasteiger partial charge is 0.361 e. The van der Waals surface area contributed by atoms with Crippen LogP contribution in [0.2, 0.25) is 0 Å². The van der Waals surface area contributed by atoms with Crippen LogP contribution >= 0.6 is 15.9 Å². The van der Waals surface area contributed by atoms with Crippen LogP contribution < -0.4 is 4.72 Å². The predicted molar refractivity (Wildman–Crippen MR) is 76.4 cm³/mol. The third-order valence-electron chi connectivity index (χ3n) is 2.33. The van der Waals surface area contributed by atoms with E-state index in [4.69, 9.17) is 4.52 Å². The second-order valence-corrected chi connectivity index (χ2v) is 6.95. The summed E-state index contributed by atoms with van der Waals surface area (Å²) < 4.78 is 32.2. The molecule has 0 fully saturated rings. The number of nitrogens with one attached hydrogen (secondary N) is 1. The third-order valence-corrected chi connectivity index (χ3v) is 4.01. The van der Waals surface area contributed by atoms with Crippen LogP contribution in [0.25, 0.3) is 0 Å². The van der Waals surface area contributed by atoms with E-state index in [0.29, 0.717) is 17.1 Å². The van der Waals surface area contributed by atoms with E-state index < -0.39 is 10.0 Å². The van der Waals surface area contributed by atoms with Gasteiger partial charge in [-0.15, -0.1) is 0 Å². The van der Waals surface area contributed by atoms with Crippen molar-refractivity contribution in [1.82, 2.24) is 5.16 Å². The smallest absolute Gasteiger partial charge is 0.238 e. The molecule has 0 saturated heterocycles. The van der Waals surface area contributed by atoms with E-state index in [2.05, 4.69) is 25.8 Å². The second-order valence-electron chi connectivity index (χ2n) is 4.31. The van der Waals surface area contributed by atoms with Crippen molar-refractivity contribution in [1.29, 1.82) is 0 Å². The number of nitrogens with zero attached hydrogens (tertiary/aromatic N) is 1. The Labute approximate surface area is 120 Å². The average molecular weight is 345 g/mol. The lowest BCUT2D eigenvalue weighted by Crippen LogP contribution is -2.15. The van der Waals surface area contributed by atoms with Crippen molar-refractivity contribution < 1.29 is 12.9 Å². The zero-order chi connectivity index (χ0) is 14.0. The van der Waals surface area contributed by atoms with Crippen molar-refractivity contribution in [2.24, 2.45) is 0 Å². The highest BCUT2D eigenvalue weighted by atomic mass is 79.9. The van der Waals surface area contributed by atoms with E-state index in [-0.39, 0.29) is 5.75 Å². The van der Waals surface area contributed by atoms with Gasteiger partial charge < -0.3 is 4.52 Å². The van der Waals surface area contributed by atoms with E-state index in [1.165, 1.54) is 0 Å². The number of rotatable bonds is 4. The van der Waals surface area contributed by atoms with Crippen LogP contribution in [0.3, 0.4) is 0 Å². The first-order valence-corrected chi connectivity index (χ1v) is 7.98. The summed E-state index contributed by atoms with van der Waals surface area (Å²) in [6.45, 7) is 3.61. The molecule has 0 atom stereocenters. The standard InChI is InChI=1S/C12H13BrN2O3S/c1-8-3-10(13)6-11(4-8)15-19(16,17)7-12-5-9(2)18-14-12/h3-6,15H,7H2,1-2H3. The summed E-state index contributed by atoms with van der Waals surface area (Å²) >= 11 is 3.33. The summed E-state index contributed by atoms with van der Waals surface area (Å²) in [5, 5.41) is 3.67. The first-order chi connectivity index (χ1) is 8.84. The molecule has 1 aromatic heterocycles. The number of aromatic nitrogens is 1. The van der Waals surface area contributed by atoms with Crippen LogP contribution in [0.5, 0.6) is 0 Å². The topological polar surface area (TPSA) is 72.2 Å². The van der Waals surface area contributed by atoms with E-state index in [9.17, 15) is 8.42 Å². The number of sulfonamides is 1. The zero-order valence-electron chi connectivity index (χ0n) is 10.5. The Balaban J connectivity index is 2.16. The molecular formula is C12H13BrN2O3S. The van der Waals surface area contributed by atoms with Crippen molar-refractivity contribution in [2.45, 2.75) is 19.6 Å². The van der Waals surface area contributed by atoms with Crippen LogP contribution in [-0.4, -0.2) is 13.6 Å². The van der Waals surface area contributed by atoms with E-state index >= 15 is 0 Å². The minimum absolute atomic E-state index is 0.212. The number of aryl methyl sites for hydroxylation is 2. The van der Waals surface area contributed by atoms with E-state index in [1.807, 2.05) is 13.0 Å². The van der Waals surface area contributed by atoms with Crippen molar-refractivity contribution in [3.05, 3.63) is 45.8 Å². The Bertz CT molecular complexity index is 675.